The highest BCUT2D eigenvalue weighted by Gasteiger charge is 2.29. The first-order valence-electron chi connectivity index (χ1n) is 7.96. The third kappa shape index (κ3) is 4.75. The number of rotatable bonds is 5. The normalized spacial score (nSPS) is 17.8. The summed E-state index contributed by atoms with van der Waals surface area (Å²) in [4.78, 5) is 35.4. The van der Waals surface area contributed by atoms with E-state index in [2.05, 4.69) is 16.2 Å². The number of benzene rings is 1. The van der Waals surface area contributed by atoms with E-state index in [-0.39, 0.29) is 12.5 Å². The fraction of sp³-hybridized carbons (Fsp3) is 0.438. The van der Waals surface area contributed by atoms with E-state index in [0.29, 0.717) is 17.9 Å². The van der Waals surface area contributed by atoms with Gasteiger partial charge in [-0.3, -0.25) is 20.4 Å². The van der Waals surface area contributed by atoms with E-state index < -0.39 is 30.0 Å². The molecular weight excluding hydrogens is 328 g/mol. The van der Waals surface area contributed by atoms with E-state index in [0.717, 1.165) is 0 Å². The summed E-state index contributed by atoms with van der Waals surface area (Å²) in [6.07, 6.45) is -0.260. The number of primary amides is 1. The number of para-hydroxylation sites is 2. The first kappa shape index (κ1) is 18.4. The molecule has 0 radical (unpaired) electrons. The maximum absolute atomic E-state index is 12.2. The number of nitrogens with one attached hydrogen (secondary N) is 3. The van der Waals surface area contributed by atoms with Gasteiger partial charge >= 0.3 is 6.03 Å². The summed E-state index contributed by atoms with van der Waals surface area (Å²) in [5.74, 6) is -0.291. The van der Waals surface area contributed by atoms with Crippen molar-refractivity contribution in [3.05, 3.63) is 24.3 Å². The summed E-state index contributed by atoms with van der Waals surface area (Å²) in [5, 5.41) is 2.37. The van der Waals surface area contributed by atoms with Crippen molar-refractivity contribution in [1.29, 1.82) is 0 Å². The van der Waals surface area contributed by atoms with Crippen molar-refractivity contribution in [3.63, 3.8) is 0 Å². The molecule has 0 fully saturated rings. The second-order valence-corrected chi connectivity index (χ2v) is 5.71. The molecule has 3 atom stereocenters. The predicted octanol–water partition coefficient (Wildman–Crippen LogP) is 0.0568. The van der Waals surface area contributed by atoms with Gasteiger partial charge in [0.05, 0.1) is 0 Å². The Kier molecular flexibility index (Phi) is 6.04. The van der Waals surface area contributed by atoms with Gasteiger partial charge in [-0.25, -0.2) is 4.79 Å². The fourth-order valence-electron chi connectivity index (χ4n) is 2.29. The van der Waals surface area contributed by atoms with Gasteiger partial charge in [-0.15, -0.1) is 0 Å². The van der Waals surface area contributed by atoms with Gasteiger partial charge in [0.15, 0.2) is 11.5 Å². The van der Waals surface area contributed by atoms with Crippen molar-refractivity contribution in [2.24, 2.45) is 11.7 Å². The molecule has 2 rings (SSSR count). The highest BCUT2D eigenvalue weighted by Crippen LogP contribution is 2.30. The van der Waals surface area contributed by atoms with Crippen molar-refractivity contribution in [3.8, 4) is 11.5 Å². The van der Waals surface area contributed by atoms with Crippen LogP contribution in [0, 0.1) is 5.92 Å². The van der Waals surface area contributed by atoms with Gasteiger partial charge < -0.3 is 20.5 Å². The summed E-state index contributed by atoms with van der Waals surface area (Å²) in [6.45, 7) is 3.68. The monoisotopic (exact) mass is 350 g/mol. The first-order chi connectivity index (χ1) is 11.9. The number of carbonyl (C=O) groups is 3. The molecule has 0 bridgehead atoms. The van der Waals surface area contributed by atoms with Crippen LogP contribution in [-0.4, -0.2) is 36.6 Å². The largest absolute Gasteiger partial charge is 0.485 e. The van der Waals surface area contributed by atoms with Crippen LogP contribution < -0.4 is 31.4 Å². The van der Waals surface area contributed by atoms with Crippen LogP contribution in [0.5, 0.6) is 11.5 Å². The highest BCUT2D eigenvalue weighted by molar-refractivity contribution is 5.89. The quantitative estimate of drug-likeness (QED) is 0.558. The molecule has 0 aliphatic carbocycles. The molecular formula is C16H22N4O5. The van der Waals surface area contributed by atoms with E-state index >= 15 is 0 Å². The van der Waals surface area contributed by atoms with Gasteiger partial charge in [0.2, 0.25) is 6.10 Å². The summed E-state index contributed by atoms with van der Waals surface area (Å²) >= 11 is 0. The van der Waals surface area contributed by atoms with Crippen LogP contribution in [0.3, 0.4) is 0 Å². The van der Waals surface area contributed by atoms with E-state index in [1.54, 1.807) is 31.2 Å². The lowest BCUT2D eigenvalue weighted by Crippen LogP contribution is -2.58. The Hall–Kier alpha value is -2.97. The summed E-state index contributed by atoms with van der Waals surface area (Å²) in [7, 11) is 0. The Balaban J connectivity index is 1.90. The van der Waals surface area contributed by atoms with Crippen molar-refractivity contribution in [2.75, 3.05) is 6.61 Å². The second-order valence-electron chi connectivity index (χ2n) is 5.71. The van der Waals surface area contributed by atoms with Crippen molar-refractivity contribution >= 4 is 17.8 Å². The Morgan fingerprint density at radius 1 is 1.24 bits per heavy atom. The number of amides is 4. The molecule has 9 nitrogen and oxygen atoms in total. The first-order valence-corrected chi connectivity index (χ1v) is 7.96. The molecule has 9 heteroatoms. The standard InChI is InChI=1S/C16H22N4O5/c1-3-9(2)13(18-16(17)23)15(22)20-19-14(21)12-8-24-10-6-4-5-7-11(10)25-12/h4-7,9,12-13H,3,8H2,1-2H3,(H,19,21)(H,20,22)(H3,17,18,23)/t9-,12?,13-/m0/s1. The average Bonchev–Trinajstić information content (AvgIpc) is 2.62. The zero-order chi connectivity index (χ0) is 18.4. The minimum Gasteiger partial charge on any atom is -0.485 e. The molecule has 1 aromatic rings. The van der Waals surface area contributed by atoms with Gasteiger partial charge in [-0.2, -0.15) is 0 Å². The molecule has 0 spiro atoms. The molecule has 0 saturated carbocycles. The van der Waals surface area contributed by atoms with Crippen LogP contribution in [0.1, 0.15) is 20.3 Å². The highest BCUT2D eigenvalue weighted by atomic mass is 16.6. The SMILES string of the molecule is CC[C@H](C)[C@H](NC(N)=O)C(=O)NNC(=O)C1COc2ccccc2O1. The van der Waals surface area contributed by atoms with Gasteiger partial charge in [0.1, 0.15) is 12.6 Å². The Morgan fingerprint density at radius 3 is 2.56 bits per heavy atom. The fourth-order valence-corrected chi connectivity index (χ4v) is 2.29. The third-order valence-corrected chi connectivity index (χ3v) is 3.90. The second kappa shape index (κ2) is 8.22. The molecule has 5 N–H and O–H groups in total. The maximum atomic E-state index is 12.2. The van der Waals surface area contributed by atoms with Gasteiger partial charge in [-0.05, 0) is 18.1 Å². The molecule has 25 heavy (non-hydrogen) atoms. The molecule has 1 aliphatic heterocycles. The van der Waals surface area contributed by atoms with Crippen LogP contribution in [0.25, 0.3) is 0 Å². The minimum absolute atomic E-state index is 0.0209. The zero-order valence-corrected chi connectivity index (χ0v) is 14.1. The number of carbonyl (C=O) groups excluding carboxylic acids is 3. The lowest BCUT2D eigenvalue weighted by atomic mass is 9.99. The van der Waals surface area contributed by atoms with Crippen LogP contribution in [0.4, 0.5) is 4.79 Å². The lowest BCUT2D eigenvalue weighted by molar-refractivity contribution is -0.136. The number of fused-ring (bicyclic) bond motifs is 1. The number of hydrogen-bond donors (Lipinski definition) is 4. The van der Waals surface area contributed by atoms with E-state index in [9.17, 15) is 14.4 Å². The Bertz CT molecular complexity index is 651. The minimum atomic E-state index is -0.902. The topological polar surface area (TPSA) is 132 Å². The van der Waals surface area contributed by atoms with Gasteiger partial charge in [-0.1, -0.05) is 32.4 Å². The number of hydrogen-bond acceptors (Lipinski definition) is 5. The summed E-state index contributed by atoms with van der Waals surface area (Å²) in [5.41, 5.74) is 9.65. The summed E-state index contributed by atoms with van der Waals surface area (Å²) < 4.78 is 11.0. The summed E-state index contributed by atoms with van der Waals surface area (Å²) in [6, 6.07) is 5.31. The molecule has 1 aromatic carbocycles. The molecule has 4 amide bonds. The molecule has 136 valence electrons. The third-order valence-electron chi connectivity index (χ3n) is 3.90. The van der Waals surface area contributed by atoms with Gasteiger partial charge in [0.25, 0.3) is 11.8 Å². The average molecular weight is 350 g/mol. The number of hydrazine groups is 1. The van der Waals surface area contributed by atoms with Crippen LogP contribution in [-0.2, 0) is 9.59 Å². The van der Waals surface area contributed by atoms with Crippen LogP contribution >= 0.6 is 0 Å². The lowest BCUT2D eigenvalue weighted by Gasteiger charge is -2.26. The number of ether oxygens (including phenoxy) is 2. The van der Waals surface area contributed by atoms with E-state index in [1.807, 2.05) is 6.92 Å². The van der Waals surface area contributed by atoms with E-state index in [1.165, 1.54) is 0 Å². The smallest absolute Gasteiger partial charge is 0.312 e. The molecule has 1 aliphatic rings. The van der Waals surface area contributed by atoms with Crippen LogP contribution in [0.2, 0.25) is 0 Å². The number of nitrogens with two attached hydrogens (primary N) is 1. The molecule has 1 unspecified atom stereocenters. The van der Waals surface area contributed by atoms with E-state index in [4.69, 9.17) is 15.2 Å². The predicted molar refractivity (Wildman–Crippen MR) is 88.6 cm³/mol. The molecule has 1 heterocycles. The van der Waals surface area contributed by atoms with Crippen molar-refractivity contribution < 1.29 is 23.9 Å². The van der Waals surface area contributed by atoms with Gasteiger partial charge in [0, 0.05) is 0 Å². The molecule has 0 aromatic heterocycles. The zero-order valence-electron chi connectivity index (χ0n) is 14.1. The maximum Gasteiger partial charge on any atom is 0.312 e. The van der Waals surface area contributed by atoms with Crippen molar-refractivity contribution in [2.45, 2.75) is 32.4 Å². The Labute approximate surface area is 145 Å². The van der Waals surface area contributed by atoms with Crippen molar-refractivity contribution in [1.82, 2.24) is 16.2 Å². The number of urea groups is 1. The Morgan fingerprint density at radius 2 is 1.92 bits per heavy atom. The molecule has 0 saturated heterocycles. The van der Waals surface area contributed by atoms with Crippen LogP contribution in [0.15, 0.2) is 24.3 Å².